The lowest BCUT2D eigenvalue weighted by Gasteiger charge is -2.31. The first-order chi connectivity index (χ1) is 14.3. The molecule has 3 aromatic rings. The van der Waals surface area contributed by atoms with Crippen LogP contribution >= 0.6 is 0 Å². The number of hydrogen-bond donors (Lipinski definition) is 1. The van der Waals surface area contributed by atoms with Gasteiger partial charge in [-0.25, -0.2) is 0 Å². The number of aromatic amines is 1. The van der Waals surface area contributed by atoms with Crippen LogP contribution in [0.15, 0.2) is 36.4 Å². The third-order valence-electron chi connectivity index (χ3n) is 6.18. The Balaban J connectivity index is 1.15. The Hall–Kier alpha value is -2.89. The van der Waals surface area contributed by atoms with E-state index in [4.69, 9.17) is 4.74 Å². The number of rotatable bonds is 4. The third kappa shape index (κ3) is 3.84. The van der Waals surface area contributed by atoms with Crippen LogP contribution in [0.5, 0.6) is 5.88 Å². The number of piperidine rings is 1. The van der Waals surface area contributed by atoms with Crippen LogP contribution < -0.4 is 4.74 Å². The van der Waals surface area contributed by atoms with Gasteiger partial charge in [0.2, 0.25) is 5.88 Å². The van der Waals surface area contributed by atoms with Crippen molar-refractivity contribution in [2.24, 2.45) is 5.92 Å². The van der Waals surface area contributed by atoms with Crippen molar-refractivity contribution in [1.82, 2.24) is 20.1 Å². The van der Waals surface area contributed by atoms with E-state index in [0.29, 0.717) is 24.1 Å². The van der Waals surface area contributed by atoms with E-state index in [1.165, 1.54) is 18.4 Å². The second kappa shape index (κ2) is 7.85. The van der Waals surface area contributed by atoms with E-state index >= 15 is 0 Å². The summed E-state index contributed by atoms with van der Waals surface area (Å²) in [6.07, 6.45) is 6.44. The third-order valence-corrected chi connectivity index (χ3v) is 6.18. The maximum absolute atomic E-state index is 12.8. The normalized spacial score (nSPS) is 17.3. The van der Waals surface area contributed by atoms with E-state index in [9.17, 15) is 4.79 Å². The first-order valence-electron chi connectivity index (χ1n) is 10.6. The topological polar surface area (TPSA) is 71.1 Å². The minimum absolute atomic E-state index is 0.0844. The second-order valence-corrected chi connectivity index (χ2v) is 8.18. The number of hydrogen-bond acceptors (Lipinski definition) is 4. The summed E-state index contributed by atoms with van der Waals surface area (Å²) in [5, 5.41) is 9.65. The number of nitrogens with one attached hydrogen (secondary N) is 1. The molecule has 1 aliphatic carbocycles. The molecule has 2 aliphatic rings. The molecule has 0 bridgehead atoms. The quantitative estimate of drug-likeness (QED) is 0.736. The number of ether oxygens (including phenoxy) is 1. The van der Waals surface area contributed by atoms with Crippen LogP contribution in [0.1, 0.15) is 47.4 Å². The largest absolute Gasteiger partial charge is 0.476 e. The van der Waals surface area contributed by atoms with Crippen molar-refractivity contribution in [3.63, 3.8) is 0 Å². The fourth-order valence-electron chi connectivity index (χ4n) is 4.41. The minimum Gasteiger partial charge on any atom is -0.476 e. The molecule has 150 valence electrons. The maximum atomic E-state index is 12.8. The van der Waals surface area contributed by atoms with Crippen LogP contribution in [0.2, 0.25) is 0 Å². The molecule has 1 amide bonds. The summed E-state index contributed by atoms with van der Waals surface area (Å²) in [6, 6.07) is 12.0. The van der Waals surface area contributed by atoms with Crippen LogP contribution in [0, 0.1) is 5.92 Å². The molecule has 2 aromatic heterocycles. The first kappa shape index (κ1) is 18.2. The molecule has 0 spiro atoms. The van der Waals surface area contributed by atoms with Gasteiger partial charge in [-0.15, -0.1) is 5.10 Å². The van der Waals surface area contributed by atoms with Gasteiger partial charge in [-0.05, 0) is 62.1 Å². The molecule has 29 heavy (non-hydrogen) atoms. The molecule has 1 saturated heterocycles. The van der Waals surface area contributed by atoms with Crippen molar-refractivity contribution in [2.75, 3.05) is 19.7 Å². The molecule has 0 atom stereocenters. The zero-order valence-corrected chi connectivity index (χ0v) is 16.6. The summed E-state index contributed by atoms with van der Waals surface area (Å²) in [4.78, 5) is 18.0. The van der Waals surface area contributed by atoms with Crippen molar-refractivity contribution in [1.29, 1.82) is 0 Å². The fourth-order valence-corrected chi connectivity index (χ4v) is 4.41. The monoisotopic (exact) mass is 390 g/mol. The van der Waals surface area contributed by atoms with Crippen LogP contribution in [0.3, 0.4) is 0 Å². The Morgan fingerprint density at radius 1 is 1.10 bits per heavy atom. The highest BCUT2D eigenvalue weighted by Gasteiger charge is 2.25. The van der Waals surface area contributed by atoms with Crippen molar-refractivity contribution in [3.8, 4) is 5.88 Å². The van der Waals surface area contributed by atoms with Gasteiger partial charge < -0.3 is 14.6 Å². The molecular weight excluding hydrogens is 364 g/mol. The fraction of sp³-hybridized carbons (Fsp3) is 0.435. The van der Waals surface area contributed by atoms with Crippen LogP contribution in [-0.2, 0) is 12.8 Å². The van der Waals surface area contributed by atoms with Crippen molar-refractivity contribution in [3.05, 3.63) is 53.3 Å². The second-order valence-electron chi connectivity index (χ2n) is 8.18. The Bertz CT molecular complexity index is 988. The van der Waals surface area contributed by atoms with Crippen molar-refractivity contribution >= 4 is 16.8 Å². The summed E-state index contributed by atoms with van der Waals surface area (Å²) >= 11 is 0. The zero-order chi connectivity index (χ0) is 19.6. The van der Waals surface area contributed by atoms with E-state index in [-0.39, 0.29) is 5.91 Å². The molecule has 1 aliphatic heterocycles. The Labute approximate surface area is 170 Å². The molecule has 1 aromatic carbocycles. The Morgan fingerprint density at radius 3 is 2.79 bits per heavy atom. The maximum Gasteiger partial charge on any atom is 0.270 e. The van der Waals surface area contributed by atoms with Gasteiger partial charge in [0.1, 0.15) is 5.69 Å². The average molecular weight is 390 g/mol. The number of H-pyrrole nitrogens is 1. The minimum atomic E-state index is 0.0844. The molecule has 1 fully saturated rings. The molecule has 1 N–H and O–H groups in total. The van der Waals surface area contributed by atoms with Gasteiger partial charge in [0.25, 0.3) is 5.91 Å². The molecular formula is C23H26N4O2. The molecule has 5 rings (SSSR count). The molecule has 0 unspecified atom stereocenters. The lowest BCUT2D eigenvalue weighted by atomic mass is 9.97. The summed E-state index contributed by atoms with van der Waals surface area (Å²) in [5.41, 5.74) is 4.10. The lowest BCUT2D eigenvalue weighted by Crippen LogP contribution is -2.39. The molecule has 0 saturated carbocycles. The highest BCUT2D eigenvalue weighted by molar-refractivity contribution is 5.98. The van der Waals surface area contributed by atoms with Crippen LogP contribution in [0.4, 0.5) is 0 Å². The van der Waals surface area contributed by atoms with Gasteiger partial charge in [0.05, 0.1) is 12.3 Å². The lowest BCUT2D eigenvalue weighted by molar-refractivity contribution is 0.0654. The van der Waals surface area contributed by atoms with Gasteiger partial charge in [0.15, 0.2) is 0 Å². The Morgan fingerprint density at radius 2 is 1.93 bits per heavy atom. The number of benzene rings is 1. The van der Waals surface area contributed by atoms with E-state index in [2.05, 4.69) is 21.2 Å². The zero-order valence-electron chi connectivity index (χ0n) is 16.6. The van der Waals surface area contributed by atoms with Crippen molar-refractivity contribution in [2.45, 2.75) is 38.5 Å². The number of nitrogens with zero attached hydrogens (tertiary/aromatic N) is 3. The summed E-state index contributed by atoms with van der Waals surface area (Å²) in [7, 11) is 0. The first-order valence-corrected chi connectivity index (χ1v) is 10.6. The number of carbonyl (C=O) groups excluding carboxylic acids is 1. The van der Waals surface area contributed by atoms with Gasteiger partial charge in [-0.1, -0.05) is 18.2 Å². The number of aromatic nitrogens is 3. The summed E-state index contributed by atoms with van der Waals surface area (Å²) in [6.45, 7) is 2.16. The highest BCUT2D eigenvalue weighted by Crippen LogP contribution is 2.24. The van der Waals surface area contributed by atoms with Gasteiger partial charge >= 0.3 is 0 Å². The van der Waals surface area contributed by atoms with E-state index in [1.807, 2.05) is 35.2 Å². The summed E-state index contributed by atoms with van der Waals surface area (Å²) < 4.78 is 5.95. The number of aryl methyl sites for hydroxylation is 2. The Kier molecular flexibility index (Phi) is 4.92. The number of para-hydroxylation sites is 1. The van der Waals surface area contributed by atoms with Crippen molar-refractivity contribution < 1.29 is 9.53 Å². The van der Waals surface area contributed by atoms with Gasteiger partial charge in [0, 0.05) is 30.1 Å². The number of amides is 1. The van der Waals surface area contributed by atoms with Gasteiger partial charge in [-0.2, -0.15) is 5.10 Å². The predicted molar refractivity (Wildman–Crippen MR) is 111 cm³/mol. The molecule has 6 nitrogen and oxygen atoms in total. The molecule has 3 heterocycles. The standard InChI is InChI=1S/C23H26N4O2/c28-23(21-13-17-5-1-3-7-19(17)24-21)27-11-9-16(10-12-27)15-29-22-14-18-6-2-4-8-20(18)25-26-22/h1,3,5,7,13-14,16,24H,2,4,6,8-12,15H2. The predicted octanol–water partition coefficient (Wildman–Crippen LogP) is 3.77. The van der Waals surface area contributed by atoms with Gasteiger partial charge in [-0.3, -0.25) is 4.79 Å². The van der Waals surface area contributed by atoms with Crippen LogP contribution in [-0.4, -0.2) is 45.7 Å². The number of likely N-dealkylation sites (tertiary alicyclic amines) is 1. The number of carbonyl (C=O) groups is 1. The highest BCUT2D eigenvalue weighted by atomic mass is 16.5. The van der Waals surface area contributed by atoms with E-state index in [1.54, 1.807) is 0 Å². The van der Waals surface area contributed by atoms with Crippen LogP contribution in [0.25, 0.3) is 10.9 Å². The van der Waals surface area contributed by atoms with E-state index < -0.39 is 0 Å². The SMILES string of the molecule is O=C(c1cc2ccccc2[nH]1)N1CCC(COc2cc3c(nn2)CCCC3)CC1. The molecule has 6 heteroatoms. The average Bonchev–Trinajstić information content (AvgIpc) is 3.22. The number of fused-ring (bicyclic) bond motifs is 2. The summed E-state index contributed by atoms with van der Waals surface area (Å²) in [5.74, 6) is 1.17. The smallest absolute Gasteiger partial charge is 0.270 e. The van der Waals surface area contributed by atoms with E-state index in [0.717, 1.165) is 55.4 Å². The molecule has 0 radical (unpaired) electrons.